The predicted octanol–water partition coefficient (Wildman–Crippen LogP) is 0.785. The van der Waals surface area contributed by atoms with E-state index in [1.54, 1.807) is 11.9 Å². The van der Waals surface area contributed by atoms with Crippen LogP contribution in [0.1, 0.15) is 17.5 Å². The average molecular weight is 283 g/mol. The number of aliphatic hydroxyl groups excluding tert-OH is 2. The van der Waals surface area contributed by atoms with Crippen molar-refractivity contribution < 1.29 is 19.7 Å². The highest BCUT2D eigenvalue weighted by atomic mass is 32.2. The number of nitrogens with one attached hydrogen (secondary N) is 1. The van der Waals surface area contributed by atoms with E-state index >= 15 is 0 Å². The summed E-state index contributed by atoms with van der Waals surface area (Å²) in [5, 5.41) is 19.1. The van der Waals surface area contributed by atoms with Crippen LogP contribution in [-0.4, -0.2) is 34.8 Å². The minimum atomic E-state index is -1.12. The van der Waals surface area contributed by atoms with Gasteiger partial charge in [0, 0.05) is 6.42 Å². The lowest BCUT2D eigenvalue weighted by Gasteiger charge is -2.27. The minimum absolute atomic E-state index is 0.208. The number of hydrogen-bond donors (Lipinski definition) is 3. The Hall–Kier alpha value is -0.790. The highest BCUT2D eigenvalue weighted by Crippen LogP contribution is 2.29. The fourth-order valence-corrected chi connectivity index (χ4v) is 3.01. The quantitative estimate of drug-likeness (QED) is 0.712. The van der Waals surface area contributed by atoms with Crippen LogP contribution < -0.4 is 9.46 Å². The van der Waals surface area contributed by atoms with E-state index in [0.717, 1.165) is 18.4 Å². The molecule has 6 heteroatoms. The van der Waals surface area contributed by atoms with E-state index in [1.165, 1.54) is 5.56 Å². The predicted molar refractivity (Wildman–Crippen MR) is 71.6 cm³/mol. The van der Waals surface area contributed by atoms with E-state index in [0.29, 0.717) is 18.9 Å². The van der Waals surface area contributed by atoms with Gasteiger partial charge in [-0.15, -0.1) is 0 Å². The number of hydrogen-bond acceptors (Lipinski definition) is 6. The van der Waals surface area contributed by atoms with Gasteiger partial charge in [0.05, 0.1) is 0 Å². The normalized spacial score (nSPS) is 29.9. The fraction of sp³-hybridized carbons (Fsp3) is 0.538. The van der Waals surface area contributed by atoms with Gasteiger partial charge in [0.15, 0.2) is 0 Å². The van der Waals surface area contributed by atoms with Gasteiger partial charge in [-0.05, 0) is 42.0 Å². The van der Waals surface area contributed by atoms with Crippen molar-refractivity contribution in [3.8, 4) is 5.75 Å². The SMILES string of the molecule is OC1Cc2cc(CCC3OCNS3)ccc2OC1O. The third kappa shape index (κ3) is 3.04. The summed E-state index contributed by atoms with van der Waals surface area (Å²) >= 11 is 1.62. The number of fused-ring (bicyclic) bond motifs is 1. The van der Waals surface area contributed by atoms with Gasteiger partial charge in [0.1, 0.15) is 24.0 Å². The maximum atomic E-state index is 9.61. The molecule has 1 aromatic rings. The highest BCUT2D eigenvalue weighted by Gasteiger charge is 2.26. The molecular formula is C13H17NO4S. The molecule has 2 heterocycles. The lowest BCUT2D eigenvalue weighted by Crippen LogP contribution is -2.37. The molecule has 2 aliphatic rings. The smallest absolute Gasteiger partial charge is 0.224 e. The topological polar surface area (TPSA) is 71.0 Å². The Morgan fingerprint density at radius 2 is 2.26 bits per heavy atom. The van der Waals surface area contributed by atoms with E-state index in [4.69, 9.17) is 9.47 Å². The lowest BCUT2D eigenvalue weighted by atomic mass is 9.99. The zero-order valence-electron chi connectivity index (χ0n) is 10.4. The Morgan fingerprint density at radius 3 is 3.05 bits per heavy atom. The van der Waals surface area contributed by atoms with Crippen LogP contribution in [0.25, 0.3) is 0 Å². The summed E-state index contributed by atoms with van der Waals surface area (Å²) < 4.78 is 13.8. The Balaban J connectivity index is 1.65. The second-order valence-electron chi connectivity index (χ2n) is 4.76. The van der Waals surface area contributed by atoms with Gasteiger partial charge < -0.3 is 19.7 Å². The summed E-state index contributed by atoms with van der Waals surface area (Å²) in [5.74, 6) is 0.662. The van der Waals surface area contributed by atoms with Gasteiger partial charge in [-0.2, -0.15) is 0 Å². The maximum absolute atomic E-state index is 9.61. The van der Waals surface area contributed by atoms with Crippen molar-refractivity contribution in [2.45, 2.75) is 37.1 Å². The molecule has 3 rings (SSSR count). The maximum Gasteiger partial charge on any atom is 0.224 e. The summed E-state index contributed by atoms with van der Waals surface area (Å²) in [5.41, 5.74) is 2.36. The molecule has 5 nitrogen and oxygen atoms in total. The van der Waals surface area contributed by atoms with Crippen molar-refractivity contribution in [2.24, 2.45) is 0 Å². The first kappa shape index (κ1) is 13.2. The number of benzene rings is 1. The van der Waals surface area contributed by atoms with Crippen LogP contribution in [0.2, 0.25) is 0 Å². The van der Waals surface area contributed by atoms with Gasteiger partial charge in [-0.25, -0.2) is 4.72 Å². The molecule has 3 N–H and O–H groups in total. The Morgan fingerprint density at radius 1 is 1.37 bits per heavy atom. The van der Waals surface area contributed by atoms with Crippen LogP contribution in [0.15, 0.2) is 18.2 Å². The van der Waals surface area contributed by atoms with Crippen LogP contribution in [0.5, 0.6) is 5.75 Å². The third-order valence-corrected chi connectivity index (χ3v) is 4.26. The van der Waals surface area contributed by atoms with Gasteiger partial charge in [-0.1, -0.05) is 12.1 Å². The van der Waals surface area contributed by atoms with Gasteiger partial charge in [-0.3, -0.25) is 0 Å². The molecule has 0 bridgehead atoms. The second-order valence-corrected chi connectivity index (χ2v) is 5.81. The first-order valence-corrected chi connectivity index (χ1v) is 7.25. The standard InChI is InChI=1S/C13H17NO4S/c15-10-6-9-5-8(1-3-11(9)18-13(10)16)2-4-12-17-7-14-19-12/h1,3,5,10,12-16H,2,4,6-7H2. The lowest BCUT2D eigenvalue weighted by molar-refractivity contribution is -0.112. The molecule has 0 amide bonds. The van der Waals surface area contributed by atoms with Crippen LogP contribution in [0.3, 0.4) is 0 Å². The van der Waals surface area contributed by atoms with Crippen molar-refractivity contribution in [3.63, 3.8) is 0 Å². The fourth-order valence-electron chi connectivity index (χ4n) is 2.31. The van der Waals surface area contributed by atoms with Crippen molar-refractivity contribution in [2.75, 3.05) is 6.73 Å². The van der Waals surface area contributed by atoms with Gasteiger partial charge >= 0.3 is 0 Å². The molecule has 0 aromatic heterocycles. The van der Waals surface area contributed by atoms with Crippen LogP contribution in [0.4, 0.5) is 0 Å². The summed E-state index contributed by atoms with van der Waals surface area (Å²) in [6, 6.07) is 5.90. The van der Waals surface area contributed by atoms with E-state index < -0.39 is 12.4 Å². The number of rotatable bonds is 3. The molecule has 1 saturated heterocycles. The zero-order chi connectivity index (χ0) is 13.2. The van der Waals surface area contributed by atoms with Crippen LogP contribution in [-0.2, 0) is 17.6 Å². The van der Waals surface area contributed by atoms with E-state index in [2.05, 4.69) is 4.72 Å². The molecule has 1 fully saturated rings. The molecule has 19 heavy (non-hydrogen) atoms. The molecule has 3 atom stereocenters. The molecule has 1 aromatic carbocycles. The molecule has 0 radical (unpaired) electrons. The summed E-state index contributed by atoms with van der Waals surface area (Å²) in [6.45, 7) is 0.609. The highest BCUT2D eigenvalue weighted by molar-refractivity contribution is 7.98. The monoisotopic (exact) mass is 283 g/mol. The second kappa shape index (κ2) is 5.68. The van der Waals surface area contributed by atoms with E-state index in [9.17, 15) is 10.2 Å². The van der Waals surface area contributed by atoms with Gasteiger partial charge in [0.2, 0.25) is 6.29 Å². The average Bonchev–Trinajstić information content (AvgIpc) is 2.91. The molecule has 104 valence electrons. The van der Waals surface area contributed by atoms with Crippen molar-refractivity contribution in [1.82, 2.24) is 4.72 Å². The first-order chi connectivity index (χ1) is 9.22. The number of aliphatic hydroxyl groups is 2. The molecular weight excluding hydrogens is 266 g/mol. The first-order valence-electron chi connectivity index (χ1n) is 6.37. The van der Waals surface area contributed by atoms with Crippen molar-refractivity contribution in [1.29, 1.82) is 0 Å². The minimum Gasteiger partial charge on any atom is -0.462 e. The molecule has 0 aliphatic carbocycles. The van der Waals surface area contributed by atoms with E-state index in [-0.39, 0.29) is 5.44 Å². The summed E-state index contributed by atoms with van der Waals surface area (Å²) in [7, 11) is 0. The Labute approximate surface area is 116 Å². The van der Waals surface area contributed by atoms with Gasteiger partial charge in [0.25, 0.3) is 0 Å². The molecule has 0 saturated carbocycles. The molecule has 3 unspecified atom stereocenters. The largest absolute Gasteiger partial charge is 0.462 e. The Kier molecular flexibility index (Phi) is 3.95. The van der Waals surface area contributed by atoms with E-state index in [1.807, 2.05) is 18.2 Å². The van der Waals surface area contributed by atoms with Crippen LogP contribution >= 0.6 is 11.9 Å². The molecule has 0 spiro atoms. The van der Waals surface area contributed by atoms with Crippen molar-refractivity contribution in [3.05, 3.63) is 29.3 Å². The zero-order valence-corrected chi connectivity index (χ0v) is 11.2. The third-order valence-electron chi connectivity index (χ3n) is 3.34. The molecule has 2 aliphatic heterocycles. The Bertz CT molecular complexity index is 450. The summed E-state index contributed by atoms with van der Waals surface area (Å²) in [4.78, 5) is 0. The number of aryl methyl sites for hydroxylation is 1. The van der Waals surface area contributed by atoms with Crippen molar-refractivity contribution >= 4 is 11.9 Å². The van der Waals surface area contributed by atoms with Crippen LogP contribution in [0, 0.1) is 0 Å². The summed E-state index contributed by atoms with van der Waals surface area (Å²) in [6.07, 6.45) is 0.335. The number of ether oxygens (including phenoxy) is 2.